The number of benzene rings is 2. The van der Waals surface area contributed by atoms with Gasteiger partial charge in [0.15, 0.2) is 5.82 Å². The molecular formula is C22H24N4O4. The van der Waals surface area contributed by atoms with Crippen molar-refractivity contribution in [2.45, 2.75) is 13.8 Å². The van der Waals surface area contributed by atoms with Crippen LogP contribution in [0.2, 0.25) is 0 Å². The second kappa shape index (κ2) is 9.13. The number of methoxy groups -OCH3 is 2. The molecule has 0 spiro atoms. The zero-order valence-electron chi connectivity index (χ0n) is 17.3. The van der Waals surface area contributed by atoms with Gasteiger partial charge in [-0.15, -0.1) is 0 Å². The molecule has 0 saturated heterocycles. The SMILES string of the molecule is COc1ccc(NC(=O)c2ccc(-n3cnc(NC(=O)C(C)C)c3)cc2)c(OC)c1. The number of nitrogens with zero attached hydrogens (tertiary/aromatic N) is 2. The standard InChI is InChI=1S/C22H24N4O4/c1-14(2)21(27)25-20-12-26(13-23-20)16-7-5-15(6-8-16)22(28)24-18-10-9-17(29-3)11-19(18)30-4/h5-14H,1-4H3,(H,24,28)(H,25,27). The molecule has 3 rings (SSSR count). The van der Waals surface area contributed by atoms with Gasteiger partial charge >= 0.3 is 0 Å². The van der Waals surface area contributed by atoms with Gasteiger partial charge in [0.25, 0.3) is 5.91 Å². The lowest BCUT2D eigenvalue weighted by Gasteiger charge is -2.12. The molecular weight excluding hydrogens is 384 g/mol. The molecule has 30 heavy (non-hydrogen) atoms. The third-order valence-corrected chi connectivity index (χ3v) is 4.44. The van der Waals surface area contributed by atoms with Crippen LogP contribution in [0.15, 0.2) is 55.0 Å². The molecule has 3 aromatic rings. The van der Waals surface area contributed by atoms with Crippen LogP contribution in [0.25, 0.3) is 5.69 Å². The molecule has 0 fully saturated rings. The zero-order valence-corrected chi connectivity index (χ0v) is 17.3. The molecule has 1 heterocycles. The minimum absolute atomic E-state index is 0.0961. The fourth-order valence-electron chi connectivity index (χ4n) is 2.68. The maximum Gasteiger partial charge on any atom is 0.255 e. The number of hydrogen-bond acceptors (Lipinski definition) is 5. The molecule has 0 atom stereocenters. The number of nitrogens with one attached hydrogen (secondary N) is 2. The van der Waals surface area contributed by atoms with Crippen molar-refractivity contribution in [1.29, 1.82) is 0 Å². The first-order chi connectivity index (χ1) is 14.4. The maximum absolute atomic E-state index is 12.6. The smallest absolute Gasteiger partial charge is 0.255 e. The van der Waals surface area contributed by atoms with Gasteiger partial charge in [-0.2, -0.15) is 0 Å². The van der Waals surface area contributed by atoms with Gasteiger partial charge in [0.05, 0.1) is 26.1 Å². The summed E-state index contributed by atoms with van der Waals surface area (Å²) in [5.74, 6) is 1.13. The van der Waals surface area contributed by atoms with Gasteiger partial charge in [0.1, 0.15) is 17.8 Å². The van der Waals surface area contributed by atoms with Crippen molar-refractivity contribution < 1.29 is 19.1 Å². The fraction of sp³-hybridized carbons (Fsp3) is 0.227. The highest BCUT2D eigenvalue weighted by Crippen LogP contribution is 2.29. The molecule has 0 aliphatic rings. The van der Waals surface area contributed by atoms with Crippen molar-refractivity contribution in [3.63, 3.8) is 0 Å². The summed E-state index contributed by atoms with van der Waals surface area (Å²) in [6.07, 6.45) is 3.32. The van der Waals surface area contributed by atoms with E-state index in [4.69, 9.17) is 9.47 Å². The van der Waals surface area contributed by atoms with Gasteiger partial charge in [0, 0.05) is 23.2 Å². The van der Waals surface area contributed by atoms with Crippen LogP contribution in [0.5, 0.6) is 11.5 Å². The Balaban J connectivity index is 1.71. The molecule has 0 aliphatic carbocycles. The van der Waals surface area contributed by atoms with Crippen LogP contribution in [0.4, 0.5) is 11.5 Å². The van der Waals surface area contributed by atoms with Crippen LogP contribution in [-0.4, -0.2) is 35.6 Å². The number of ether oxygens (including phenoxy) is 2. The summed E-state index contributed by atoms with van der Waals surface area (Å²) in [7, 11) is 3.10. The van der Waals surface area contributed by atoms with Crippen molar-refractivity contribution in [1.82, 2.24) is 9.55 Å². The van der Waals surface area contributed by atoms with E-state index in [1.54, 1.807) is 66.7 Å². The lowest BCUT2D eigenvalue weighted by molar-refractivity contribution is -0.118. The first-order valence-electron chi connectivity index (χ1n) is 9.40. The molecule has 2 amide bonds. The van der Waals surface area contributed by atoms with E-state index in [-0.39, 0.29) is 17.7 Å². The molecule has 156 valence electrons. The number of hydrogen-bond donors (Lipinski definition) is 2. The van der Waals surface area contributed by atoms with E-state index >= 15 is 0 Å². The first-order valence-corrected chi connectivity index (χ1v) is 9.40. The number of carbonyl (C=O) groups is 2. The van der Waals surface area contributed by atoms with Gasteiger partial charge in [-0.3, -0.25) is 9.59 Å². The number of aromatic nitrogens is 2. The van der Waals surface area contributed by atoms with Gasteiger partial charge in [-0.25, -0.2) is 4.98 Å². The van der Waals surface area contributed by atoms with Gasteiger partial charge in [-0.05, 0) is 36.4 Å². The van der Waals surface area contributed by atoms with Crippen molar-refractivity contribution in [3.8, 4) is 17.2 Å². The van der Waals surface area contributed by atoms with Gasteiger partial charge in [-0.1, -0.05) is 13.8 Å². The molecule has 0 bridgehead atoms. The minimum atomic E-state index is -0.263. The van der Waals surface area contributed by atoms with Crippen LogP contribution < -0.4 is 20.1 Å². The summed E-state index contributed by atoms with van der Waals surface area (Å²) in [6.45, 7) is 3.63. The van der Waals surface area contributed by atoms with Crippen molar-refractivity contribution in [3.05, 3.63) is 60.6 Å². The average Bonchev–Trinajstić information content (AvgIpc) is 3.22. The molecule has 1 aromatic heterocycles. The Bertz CT molecular complexity index is 1040. The summed E-state index contributed by atoms with van der Waals surface area (Å²) < 4.78 is 12.2. The summed E-state index contributed by atoms with van der Waals surface area (Å²) in [5, 5.41) is 5.59. The number of rotatable bonds is 7. The molecule has 2 N–H and O–H groups in total. The molecule has 0 aliphatic heterocycles. The number of imidazole rings is 1. The van der Waals surface area contributed by atoms with E-state index in [1.807, 2.05) is 13.8 Å². The lowest BCUT2D eigenvalue weighted by atomic mass is 10.2. The Kier molecular flexibility index (Phi) is 6.36. The highest BCUT2D eigenvalue weighted by molar-refractivity contribution is 6.05. The number of amides is 2. The minimum Gasteiger partial charge on any atom is -0.497 e. The fourth-order valence-corrected chi connectivity index (χ4v) is 2.68. The lowest BCUT2D eigenvalue weighted by Crippen LogP contribution is -2.17. The number of anilines is 2. The Morgan fingerprint density at radius 3 is 2.37 bits per heavy atom. The van der Waals surface area contributed by atoms with E-state index in [2.05, 4.69) is 15.6 Å². The molecule has 8 nitrogen and oxygen atoms in total. The summed E-state index contributed by atoms with van der Waals surface area (Å²) in [5.41, 5.74) is 1.85. The van der Waals surface area contributed by atoms with Crippen LogP contribution in [-0.2, 0) is 4.79 Å². The second-order valence-corrected chi connectivity index (χ2v) is 6.88. The molecule has 0 radical (unpaired) electrons. The Hall–Kier alpha value is -3.81. The number of carbonyl (C=O) groups excluding carboxylic acids is 2. The van der Waals surface area contributed by atoms with E-state index < -0.39 is 0 Å². The van der Waals surface area contributed by atoms with E-state index in [0.29, 0.717) is 28.6 Å². The van der Waals surface area contributed by atoms with E-state index in [1.165, 1.54) is 7.11 Å². The highest BCUT2D eigenvalue weighted by atomic mass is 16.5. The molecule has 8 heteroatoms. The van der Waals surface area contributed by atoms with Crippen LogP contribution in [0.3, 0.4) is 0 Å². The van der Waals surface area contributed by atoms with Gasteiger partial charge in [0.2, 0.25) is 5.91 Å². The van der Waals surface area contributed by atoms with E-state index in [9.17, 15) is 9.59 Å². The van der Waals surface area contributed by atoms with Crippen molar-refractivity contribution in [2.75, 3.05) is 24.9 Å². The monoisotopic (exact) mass is 408 g/mol. The zero-order chi connectivity index (χ0) is 21.7. The quantitative estimate of drug-likeness (QED) is 0.621. The van der Waals surface area contributed by atoms with Crippen LogP contribution in [0, 0.1) is 5.92 Å². The molecule has 2 aromatic carbocycles. The summed E-state index contributed by atoms with van der Waals surface area (Å²) in [6, 6.07) is 12.2. The van der Waals surface area contributed by atoms with Crippen LogP contribution in [0.1, 0.15) is 24.2 Å². The summed E-state index contributed by atoms with van der Waals surface area (Å²) in [4.78, 5) is 28.6. The Morgan fingerprint density at radius 1 is 1.00 bits per heavy atom. The predicted molar refractivity (Wildman–Crippen MR) is 115 cm³/mol. The third kappa shape index (κ3) is 4.78. The normalized spacial score (nSPS) is 10.6. The van der Waals surface area contributed by atoms with Gasteiger partial charge < -0.3 is 24.7 Å². The van der Waals surface area contributed by atoms with Crippen molar-refractivity contribution in [2.24, 2.45) is 5.92 Å². The van der Waals surface area contributed by atoms with Crippen molar-refractivity contribution >= 4 is 23.3 Å². The van der Waals surface area contributed by atoms with E-state index in [0.717, 1.165) is 5.69 Å². The van der Waals surface area contributed by atoms with Crippen LogP contribution >= 0.6 is 0 Å². The maximum atomic E-state index is 12.6. The Labute approximate surface area is 174 Å². The third-order valence-electron chi connectivity index (χ3n) is 4.44. The second-order valence-electron chi connectivity index (χ2n) is 6.88. The summed E-state index contributed by atoms with van der Waals surface area (Å²) >= 11 is 0. The largest absolute Gasteiger partial charge is 0.497 e. The first kappa shape index (κ1) is 20.9. The molecule has 0 unspecified atom stereocenters. The highest BCUT2D eigenvalue weighted by Gasteiger charge is 2.12. The predicted octanol–water partition coefficient (Wildman–Crippen LogP) is 3.74. The topological polar surface area (TPSA) is 94.5 Å². The Morgan fingerprint density at radius 2 is 1.73 bits per heavy atom. The average molecular weight is 408 g/mol. The molecule has 0 saturated carbocycles.